The highest BCUT2D eigenvalue weighted by Crippen LogP contribution is 2.19. The number of aryl methyl sites for hydroxylation is 1. The first-order valence-electron chi connectivity index (χ1n) is 6.15. The maximum absolute atomic E-state index is 11.7. The average molecular weight is 253 g/mol. The van der Waals surface area contributed by atoms with Crippen molar-refractivity contribution in [2.24, 2.45) is 7.05 Å². The van der Waals surface area contributed by atoms with Gasteiger partial charge in [0, 0.05) is 24.2 Å². The van der Waals surface area contributed by atoms with E-state index in [1.807, 2.05) is 13.2 Å². The van der Waals surface area contributed by atoms with E-state index in [1.54, 1.807) is 22.6 Å². The van der Waals surface area contributed by atoms with Crippen molar-refractivity contribution in [1.82, 2.24) is 15.1 Å². The van der Waals surface area contributed by atoms with E-state index >= 15 is 0 Å². The molecule has 0 aromatic carbocycles. The van der Waals surface area contributed by atoms with Crippen molar-refractivity contribution in [3.63, 3.8) is 0 Å². The third-order valence-electron chi connectivity index (χ3n) is 3.02. The van der Waals surface area contributed by atoms with E-state index in [-0.39, 0.29) is 5.91 Å². The van der Waals surface area contributed by atoms with Gasteiger partial charge in [0.2, 0.25) is 5.91 Å². The van der Waals surface area contributed by atoms with Gasteiger partial charge in [0.25, 0.3) is 0 Å². The second kappa shape index (κ2) is 6.10. The van der Waals surface area contributed by atoms with Crippen LogP contribution in [0.1, 0.15) is 32.1 Å². The molecule has 5 heteroatoms. The van der Waals surface area contributed by atoms with Gasteiger partial charge in [-0.05, 0) is 12.8 Å². The molecule has 1 N–H and O–H groups in total. The van der Waals surface area contributed by atoms with Crippen molar-refractivity contribution in [2.75, 3.05) is 5.75 Å². The Kier molecular flexibility index (Phi) is 4.48. The Hall–Kier alpha value is -0.970. The van der Waals surface area contributed by atoms with E-state index in [9.17, 15) is 4.79 Å². The summed E-state index contributed by atoms with van der Waals surface area (Å²) in [4.78, 5) is 12.8. The molecule has 94 valence electrons. The molecule has 1 saturated carbocycles. The van der Waals surface area contributed by atoms with Crippen LogP contribution >= 0.6 is 11.8 Å². The molecule has 1 aromatic heterocycles. The van der Waals surface area contributed by atoms with Gasteiger partial charge < -0.3 is 5.32 Å². The molecule has 0 radical (unpaired) electrons. The molecule has 1 aliphatic carbocycles. The number of hydrogen-bond donors (Lipinski definition) is 1. The van der Waals surface area contributed by atoms with Gasteiger partial charge in [-0.1, -0.05) is 19.3 Å². The standard InChI is InChI=1S/C12H19N3OS/c1-15-8-11(7-13-15)17-9-12(16)14-10-5-3-2-4-6-10/h7-8,10H,2-6,9H2,1H3,(H,14,16). The SMILES string of the molecule is Cn1cc(SCC(=O)NC2CCCCC2)cn1. The van der Waals surface area contributed by atoms with Crippen molar-refractivity contribution in [2.45, 2.75) is 43.0 Å². The van der Waals surface area contributed by atoms with Crippen LogP contribution in [-0.4, -0.2) is 27.5 Å². The second-order valence-electron chi connectivity index (χ2n) is 4.54. The molecular formula is C12H19N3OS. The highest BCUT2D eigenvalue weighted by atomic mass is 32.2. The molecule has 1 aromatic rings. The highest BCUT2D eigenvalue weighted by molar-refractivity contribution is 8.00. The fourth-order valence-corrected chi connectivity index (χ4v) is 2.87. The molecule has 0 unspecified atom stereocenters. The van der Waals surface area contributed by atoms with Crippen LogP contribution in [0.25, 0.3) is 0 Å². The maximum atomic E-state index is 11.7. The van der Waals surface area contributed by atoms with Crippen molar-refractivity contribution in [3.8, 4) is 0 Å². The summed E-state index contributed by atoms with van der Waals surface area (Å²) in [5.74, 6) is 0.633. The predicted molar refractivity (Wildman–Crippen MR) is 68.9 cm³/mol. The molecule has 1 amide bonds. The number of thioether (sulfide) groups is 1. The van der Waals surface area contributed by atoms with Crippen molar-refractivity contribution in [3.05, 3.63) is 12.4 Å². The van der Waals surface area contributed by atoms with Crippen LogP contribution in [0.5, 0.6) is 0 Å². The molecule has 0 aliphatic heterocycles. The van der Waals surface area contributed by atoms with Crippen LogP contribution in [0.15, 0.2) is 17.3 Å². The quantitative estimate of drug-likeness (QED) is 0.834. The van der Waals surface area contributed by atoms with Crippen molar-refractivity contribution in [1.29, 1.82) is 0 Å². The first kappa shape index (κ1) is 12.5. The Bertz CT molecular complexity index is 372. The van der Waals surface area contributed by atoms with Crippen LogP contribution in [-0.2, 0) is 11.8 Å². The Balaban J connectivity index is 1.70. The van der Waals surface area contributed by atoms with Crippen LogP contribution in [0.4, 0.5) is 0 Å². The molecule has 4 nitrogen and oxygen atoms in total. The lowest BCUT2D eigenvalue weighted by Gasteiger charge is -2.22. The molecule has 0 saturated heterocycles. The Morgan fingerprint density at radius 2 is 2.29 bits per heavy atom. The predicted octanol–water partition coefficient (Wildman–Crippen LogP) is 1.96. The lowest BCUT2D eigenvalue weighted by molar-refractivity contribution is -0.119. The minimum atomic E-state index is 0.144. The molecule has 17 heavy (non-hydrogen) atoms. The number of aromatic nitrogens is 2. The van der Waals surface area contributed by atoms with E-state index in [0.29, 0.717) is 11.8 Å². The van der Waals surface area contributed by atoms with Gasteiger partial charge in [-0.2, -0.15) is 5.10 Å². The first-order chi connectivity index (χ1) is 8.24. The van der Waals surface area contributed by atoms with Crippen molar-refractivity contribution < 1.29 is 4.79 Å². The van der Waals surface area contributed by atoms with Gasteiger partial charge in [0.05, 0.1) is 11.9 Å². The smallest absolute Gasteiger partial charge is 0.230 e. The third kappa shape index (κ3) is 4.07. The van der Waals surface area contributed by atoms with Crippen molar-refractivity contribution >= 4 is 17.7 Å². The second-order valence-corrected chi connectivity index (χ2v) is 5.59. The highest BCUT2D eigenvalue weighted by Gasteiger charge is 2.15. The fourth-order valence-electron chi connectivity index (χ4n) is 2.14. The van der Waals surface area contributed by atoms with Crippen LogP contribution < -0.4 is 5.32 Å². The molecule has 0 atom stereocenters. The number of hydrogen-bond acceptors (Lipinski definition) is 3. The minimum absolute atomic E-state index is 0.144. The van der Waals surface area contributed by atoms with E-state index in [4.69, 9.17) is 0 Å². The molecule has 0 bridgehead atoms. The zero-order valence-electron chi connectivity index (χ0n) is 10.2. The summed E-state index contributed by atoms with van der Waals surface area (Å²) >= 11 is 1.54. The fraction of sp³-hybridized carbons (Fsp3) is 0.667. The molecular weight excluding hydrogens is 234 g/mol. The number of nitrogens with zero attached hydrogens (tertiary/aromatic N) is 2. The van der Waals surface area contributed by atoms with E-state index in [2.05, 4.69) is 10.4 Å². The van der Waals surface area contributed by atoms with E-state index in [0.717, 1.165) is 17.7 Å². The number of carbonyl (C=O) groups is 1. The summed E-state index contributed by atoms with van der Waals surface area (Å²) in [5, 5.41) is 7.18. The largest absolute Gasteiger partial charge is 0.353 e. The maximum Gasteiger partial charge on any atom is 0.230 e. The summed E-state index contributed by atoms with van der Waals surface area (Å²) < 4.78 is 1.75. The third-order valence-corrected chi connectivity index (χ3v) is 3.97. The Morgan fingerprint density at radius 3 is 2.94 bits per heavy atom. The lowest BCUT2D eigenvalue weighted by atomic mass is 9.95. The van der Waals surface area contributed by atoms with Crippen LogP contribution in [0.2, 0.25) is 0 Å². The van der Waals surface area contributed by atoms with E-state index in [1.165, 1.54) is 19.3 Å². The van der Waals surface area contributed by atoms with Crippen LogP contribution in [0.3, 0.4) is 0 Å². The van der Waals surface area contributed by atoms with Gasteiger partial charge in [0.1, 0.15) is 0 Å². The summed E-state index contributed by atoms with van der Waals surface area (Å²) in [6.45, 7) is 0. The lowest BCUT2D eigenvalue weighted by Crippen LogP contribution is -2.37. The number of nitrogens with one attached hydrogen (secondary N) is 1. The summed E-state index contributed by atoms with van der Waals surface area (Å²) in [7, 11) is 1.88. The average Bonchev–Trinajstić information content (AvgIpc) is 2.74. The van der Waals surface area contributed by atoms with Gasteiger partial charge in [0.15, 0.2) is 0 Å². The molecule has 2 rings (SSSR count). The van der Waals surface area contributed by atoms with Gasteiger partial charge in [-0.3, -0.25) is 9.48 Å². The zero-order valence-corrected chi connectivity index (χ0v) is 11.0. The number of carbonyl (C=O) groups excluding carboxylic acids is 1. The molecule has 1 fully saturated rings. The van der Waals surface area contributed by atoms with Crippen LogP contribution in [0, 0.1) is 0 Å². The molecule has 1 heterocycles. The minimum Gasteiger partial charge on any atom is -0.353 e. The molecule has 0 spiro atoms. The summed E-state index contributed by atoms with van der Waals surface area (Å²) in [6.07, 6.45) is 9.82. The zero-order chi connectivity index (χ0) is 12.1. The van der Waals surface area contributed by atoms with Gasteiger partial charge in [-0.25, -0.2) is 0 Å². The topological polar surface area (TPSA) is 46.9 Å². The summed E-state index contributed by atoms with van der Waals surface area (Å²) in [6, 6.07) is 0.408. The normalized spacial score (nSPS) is 17.0. The Morgan fingerprint density at radius 1 is 1.53 bits per heavy atom. The van der Waals surface area contributed by atoms with E-state index < -0.39 is 0 Å². The Labute approximate surface area is 106 Å². The van der Waals surface area contributed by atoms with Gasteiger partial charge >= 0.3 is 0 Å². The first-order valence-corrected chi connectivity index (χ1v) is 7.13. The number of rotatable bonds is 4. The molecule has 1 aliphatic rings. The van der Waals surface area contributed by atoms with Gasteiger partial charge in [-0.15, -0.1) is 11.8 Å². The monoisotopic (exact) mass is 253 g/mol. The number of amides is 1. The summed E-state index contributed by atoms with van der Waals surface area (Å²) in [5.41, 5.74) is 0.